The summed E-state index contributed by atoms with van der Waals surface area (Å²) in [6, 6.07) is 8.70. The van der Waals surface area contributed by atoms with Gasteiger partial charge in [-0.05, 0) is 50.4 Å². The number of rotatable bonds is 9. The van der Waals surface area contributed by atoms with Crippen molar-refractivity contribution in [1.82, 2.24) is 5.32 Å². The van der Waals surface area contributed by atoms with E-state index in [-0.39, 0.29) is 6.04 Å². The monoisotopic (exact) mass is 263 g/mol. The largest absolute Gasteiger partial charge is 0.490 e. The van der Waals surface area contributed by atoms with Crippen molar-refractivity contribution in [2.24, 2.45) is 0 Å². The van der Waals surface area contributed by atoms with E-state index in [1.54, 1.807) is 0 Å². The molecule has 0 amide bonds. The summed E-state index contributed by atoms with van der Waals surface area (Å²) in [5.74, 6) is 0.983. The highest BCUT2D eigenvalue weighted by atomic mass is 16.5. The molecule has 0 saturated heterocycles. The van der Waals surface area contributed by atoms with Crippen molar-refractivity contribution >= 4 is 0 Å². The van der Waals surface area contributed by atoms with Crippen LogP contribution < -0.4 is 10.1 Å². The smallest absolute Gasteiger partial charge is 0.119 e. The Bertz CT molecular complexity index is 352. The van der Waals surface area contributed by atoms with E-state index < -0.39 is 0 Å². The Labute approximate surface area is 116 Å². The summed E-state index contributed by atoms with van der Waals surface area (Å²) >= 11 is 0. The first kappa shape index (κ1) is 14.4. The molecule has 0 aromatic heterocycles. The van der Waals surface area contributed by atoms with Gasteiger partial charge in [0.15, 0.2) is 0 Å². The molecule has 1 fully saturated rings. The molecule has 1 aromatic carbocycles. The minimum absolute atomic E-state index is 0.273. The lowest BCUT2D eigenvalue weighted by atomic mass is 10.1. The third-order valence-corrected chi connectivity index (χ3v) is 3.24. The molecular weight excluding hydrogens is 238 g/mol. The zero-order valence-electron chi connectivity index (χ0n) is 12.0. The number of hydrogen-bond donors (Lipinski definition) is 1. The van der Waals surface area contributed by atoms with Gasteiger partial charge in [-0.25, -0.2) is 0 Å². The molecule has 1 atom stereocenters. The zero-order chi connectivity index (χ0) is 13.5. The molecule has 2 rings (SSSR count). The van der Waals surface area contributed by atoms with Crippen LogP contribution in [0.3, 0.4) is 0 Å². The minimum atomic E-state index is 0.273. The third-order valence-electron chi connectivity index (χ3n) is 3.24. The first-order chi connectivity index (χ1) is 9.33. The van der Waals surface area contributed by atoms with Crippen LogP contribution in [0.5, 0.6) is 5.75 Å². The van der Waals surface area contributed by atoms with E-state index in [0.29, 0.717) is 6.10 Å². The second kappa shape index (κ2) is 7.51. The van der Waals surface area contributed by atoms with E-state index in [2.05, 4.69) is 36.5 Å². The van der Waals surface area contributed by atoms with Crippen molar-refractivity contribution in [3.05, 3.63) is 29.8 Å². The van der Waals surface area contributed by atoms with Crippen molar-refractivity contribution in [1.29, 1.82) is 0 Å². The Balaban J connectivity index is 1.93. The lowest BCUT2D eigenvalue weighted by Gasteiger charge is -2.19. The molecule has 0 bridgehead atoms. The molecule has 3 heteroatoms. The molecule has 1 aliphatic rings. The second-order valence-corrected chi connectivity index (χ2v) is 5.05. The van der Waals surface area contributed by atoms with Crippen molar-refractivity contribution in [2.75, 3.05) is 19.8 Å². The highest BCUT2D eigenvalue weighted by Gasteiger charge is 2.23. The maximum atomic E-state index is 5.77. The quantitative estimate of drug-likeness (QED) is 0.741. The molecule has 1 aromatic rings. The van der Waals surface area contributed by atoms with Gasteiger partial charge in [0.2, 0.25) is 0 Å². The van der Waals surface area contributed by atoms with Gasteiger partial charge in [0, 0.05) is 6.61 Å². The van der Waals surface area contributed by atoms with Crippen molar-refractivity contribution in [3.8, 4) is 5.75 Å². The van der Waals surface area contributed by atoms with E-state index in [4.69, 9.17) is 9.47 Å². The number of hydrogen-bond acceptors (Lipinski definition) is 3. The average Bonchev–Trinajstić information content (AvgIpc) is 3.24. The fraction of sp³-hybridized carbons (Fsp3) is 0.625. The molecule has 19 heavy (non-hydrogen) atoms. The summed E-state index contributed by atoms with van der Waals surface area (Å²) in [4.78, 5) is 0. The van der Waals surface area contributed by atoms with E-state index in [9.17, 15) is 0 Å². The van der Waals surface area contributed by atoms with Gasteiger partial charge in [-0.15, -0.1) is 0 Å². The number of nitrogens with one attached hydrogen (secondary N) is 1. The van der Waals surface area contributed by atoms with Crippen LogP contribution in [0.2, 0.25) is 0 Å². The van der Waals surface area contributed by atoms with Crippen LogP contribution in [0, 0.1) is 0 Å². The van der Waals surface area contributed by atoms with Gasteiger partial charge in [0.1, 0.15) is 5.75 Å². The summed E-state index contributed by atoms with van der Waals surface area (Å²) in [6.45, 7) is 6.70. The van der Waals surface area contributed by atoms with Gasteiger partial charge in [0.05, 0.1) is 18.8 Å². The Hall–Kier alpha value is -1.06. The van der Waals surface area contributed by atoms with Crippen LogP contribution in [0.4, 0.5) is 0 Å². The lowest BCUT2D eigenvalue weighted by Crippen LogP contribution is -2.26. The predicted molar refractivity (Wildman–Crippen MR) is 77.6 cm³/mol. The van der Waals surface area contributed by atoms with Gasteiger partial charge in [0.25, 0.3) is 0 Å². The zero-order valence-corrected chi connectivity index (χ0v) is 12.0. The summed E-state index contributed by atoms with van der Waals surface area (Å²) in [5.41, 5.74) is 1.27. The summed E-state index contributed by atoms with van der Waals surface area (Å²) in [7, 11) is 0. The SMILES string of the molecule is CCCNC(COCC)c1ccc(OC2CC2)cc1. The van der Waals surface area contributed by atoms with Gasteiger partial charge in [-0.3, -0.25) is 0 Å². The van der Waals surface area contributed by atoms with Gasteiger partial charge in [-0.2, -0.15) is 0 Å². The molecule has 1 saturated carbocycles. The van der Waals surface area contributed by atoms with Crippen molar-refractivity contribution in [2.45, 2.75) is 45.3 Å². The Kier molecular flexibility index (Phi) is 5.67. The maximum absolute atomic E-state index is 5.77. The second-order valence-electron chi connectivity index (χ2n) is 5.05. The average molecular weight is 263 g/mol. The summed E-state index contributed by atoms with van der Waals surface area (Å²) in [5, 5.41) is 3.53. The van der Waals surface area contributed by atoms with Crippen LogP contribution in [0.1, 0.15) is 44.7 Å². The van der Waals surface area contributed by atoms with Crippen LogP contribution in [-0.2, 0) is 4.74 Å². The predicted octanol–water partition coefficient (Wildman–Crippen LogP) is 3.31. The molecule has 1 aliphatic carbocycles. The van der Waals surface area contributed by atoms with Gasteiger partial charge >= 0.3 is 0 Å². The van der Waals surface area contributed by atoms with E-state index >= 15 is 0 Å². The number of ether oxygens (including phenoxy) is 2. The van der Waals surface area contributed by atoms with Gasteiger partial charge in [-0.1, -0.05) is 19.1 Å². The van der Waals surface area contributed by atoms with Crippen LogP contribution >= 0.6 is 0 Å². The molecule has 106 valence electrons. The van der Waals surface area contributed by atoms with Crippen molar-refractivity contribution < 1.29 is 9.47 Å². The van der Waals surface area contributed by atoms with Gasteiger partial charge < -0.3 is 14.8 Å². The highest BCUT2D eigenvalue weighted by Crippen LogP contribution is 2.27. The molecule has 0 radical (unpaired) electrons. The van der Waals surface area contributed by atoms with Crippen molar-refractivity contribution in [3.63, 3.8) is 0 Å². The molecule has 3 nitrogen and oxygen atoms in total. The lowest BCUT2D eigenvalue weighted by molar-refractivity contribution is 0.123. The normalized spacial score (nSPS) is 16.3. The van der Waals surface area contributed by atoms with E-state index in [1.165, 1.54) is 18.4 Å². The Morgan fingerprint density at radius 2 is 1.95 bits per heavy atom. The molecule has 0 aliphatic heterocycles. The van der Waals surface area contributed by atoms with Crippen LogP contribution in [0.15, 0.2) is 24.3 Å². The molecule has 0 spiro atoms. The topological polar surface area (TPSA) is 30.5 Å². The van der Waals surface area contributed by atoms with E-state index in [0.717, 1.165) is 31.9 Å². The maximum Gasteiger partial charge on any atom is 0.119 e. The standard InChI is InChI=1S/C16H25NO2/c1-3-11-17-16(12-18-4-2)13-5-7-14(8-6-13)19-15-9-10-15/h5-8,15-17H,3-4,9-12H2,1-2H3. The fourth-order valence-corrected chi connectivity index (χ4v) is 1.98. The molecule has 0 heterocycles. The molecule has 1 unspecified atom stereocenters. The van der Waals surface area contributed by atoms with Crippen LogP contribution in [0.25, 0.3) is 0 Å². The van der Waals surface area contributed by atoms with E-state index in [1.807, 2.05) is 6.92 Å². The molecule has 1 N–H and O–H groups in total. The Morgan fingerprint density at radius 3 is 2.53 bits per heavy atom. The molecular formula is C16H25NO2. The third kappa shape index (κ3) is 4.84. The number of benzene rings is 1. The Morgan fingerprint density at radius 1 is 1.21 bits per heavy atom. The fourth-order valence-electron chi connectivity index (χ4n) is 1.98. The summed E-state index contributed by atoms with van der Waals surface area (Å²) in [6.07, 6.45) is 3.99. The van der Waals surface area contributed by atoms with Crippen LogP contribution in [-0.4, -0.2) is 25.9 Å². The first-order valence-electron chi connectivity index (χ1n) is 7.41. The minimum Gasteiger partial charge on any atom is -0.490 e. The summed E-state index contributed by atoms with van der Waals surface area (Å²) < 4.78 is 11.3. The highest BCUT2D eigenvalue weighted by molar-refractivity contribution is 5.29. The first-order valence-corrected chi connectivity index (χ1v) is 7.41.